The SMILES string of the molecule is C[C@H](OC(=O)/C=C/c1ccc(Br)s1)C(=O)Nc1ccc(F)cc1. The number of esters is 1. The van der Waals surface area contributed by atoms with Gasteiger partial charge in [0, 0.05) is 16.6 Å². The number of ether oxygens (including phenoxy) is 1. The van der Waals surface area contributed by atoms with Crippen molar-refractivity contribution in [2.75, 3.05) is 5.32 Å². The lowest BCUT2D eigenvalue weighted by molar-refractivity contribution is -0.148. The fourth-order valence-electron chi connectivity index (χ4n) is 1.61. The van der Waals surface area contributed by atoms with Crippen molar-refractivity contribution < 1.29 is 18.7 Å². The highest BCUT2D eigenvalue weighted by Gasteiger charge is 2.16. The monoisotopic (exact) mass is 397 g/mol. The Bertz CT molecular complexity index is 727. The molecular weight excluding hydrogens is 385 g/mol. The number of hydrogen-bond donors (Lipinski definition) is 1. The van der Waals surface area contributed by atoms with Crippen molar-refractivity contribution in [3.05, 3.63) is 57.0 Å². The second-order valence-electron chi connectivity index (χ2n) is 4.55. The van der Waals surface area contributed by atoms with Gasteiger partial charge in [-0.2, -0.15) is 0 Å². The Kier molecular flexibility index (Phi) is 6.06. The average Bonchev–Trinajstić information content (AvgIpc) is 2.93. The Hall–Kier alpha value is -1.99. The Morgan fingerprint density at radius 3 is 2.57 bits per heavy atom. The quantitative estimate of drug-likeness (QED) is 0.606. The molecule has 0 aliphatic rings. The zero-order valence-corrected chi connectivity index (χ0v) is 14.5. The van der Waals surface area contributed by atoms with Crippen LogP contribution in [0.25, 0.3) is 6.08 Å². The van der Waals surface area contributed by atoms with Crippen LogP contribution in [0.2, 0.25) is 0 Å². The maximum atomic E-state index is 12.8. The predicted octanol–water partition coefficient (Wildman–Crippen LogP) is 4.23. The first-order chi connectivity index (χ1) is 10.9. The molecule has 0 unspecified atom stereocenters. The lowest BCUT2D eigenvalue weighted by Gasteiger charge is -2.12. The summed E-state index contributed by atoms with van der Waals surface area (Å²) in [7, 11) is 0. The highest BCUT2D eigenvalue weighted by molar-refractivity contribution is 9.11. The molecule has 23 heavy (non-hydrogen) atoms. The molecule has 0 saturated heterocycles. The minimum absolute atomic E-state index is 0.396. The van der Waals surface area contributed by atoms with Crippen molar-refractivity contribution in [3.8, 4) is 0 Å². The third-order valence-corrected chi connectivity index (χ3v) is 4.34. The molecule has 4 nitrogen and oxygen atoms in total. The molecule has 1 atom stereocenters. The zero-order chi connectivity index (χ0) is 16.8. The van der Waals surface area contributed by atoms with E-state index >= 15 is 0 Å². The van der Waals surface area contributed by atoms with Gasteiger partial charge in [0.05, 0.1) is 3.79 Å². The van der Waals surface area contributed by atoms with E-state index in [1.54, 1.807) is 6.08 Å². The van der Waals surface area contributed by atoms with Crippen LogP contribution in [0, 0.1) is 5.82 Å². The summed E-state index contributed by atoms with van der Waals surface area (Å²) in [4.78, 5) is 24.5. The molecule has 0 radical (unpaired) electrons. The number of rotatable bonds is 5. The third kappa shape index (κ3) is 5.61. The molecule has 1 heterocycles. The molecule has 2 aromatic rings. The van der Waals surface area contributed by atoms with Gasteiger partial charge in [-0.1, -0.05) is 0 Å². The number of carbonyl (C=O) groups excluding carboxylic acids is 2. The number of hydrogen-bond acceptors (Lipinski definition) is 4. The molecule has 0 spiro atoms. The van der Waals surface area contributed by atoms with Crippen LogP contribution in [0.3, 0.4) is 0 Å². The summed E-state index contributed by atoms with van der Waals surface area (Å²) in [5.74, 6) is -1.50. The van der Waals surface area contributed by atoms with Gasteiger partial charge in [0.1, 0.15) is 5.82 Å². The van der Waals surface area contributed by atoms with Crippen LogP contribution in [-0.2, 0) is 14.3 Å². The lowest BCUT2D eigenvalue weighted by atomic mass is 10.3. The van der Waals surface area contributed by atoms with Crippen LogP contribution < -0.4 is 5.32 Å². The standard InChI is InChI=1S/C16H13BrFNO3S/c1-10(16(21)19-12-4-2-11(18)3-5-12)22-15(20)9-7-13-6-8-14(17)23-13/h2-10H,1H3,(H,19,21)/b9-7+/t10-/m0/s1. The van der Waals surface area contributed by atoms with E-state index in [1.165, 1.54) is 48.6 Å². The topological polar surface area (TPSA) is 55.4 Å². The maximum Gasteiger partial charge on any atom is 0.331 e. The van der Waals surface area contributed by atoms with E-state index in [0.717, 1.165) is 8.66 Å². The van der Waals surface area contributed by atoms with Crippen molar-refractivity contribution in [3.63, 3.8) is 0 Å². The van der Waals surface area contributed by atoms with Crippen LogP contribution in [0.5, 0.6) is 0 Å². The Morgan fingerprint density at radius 1 is 1.26 bits per heavy atom. The van der Waals surface area contributed by atoms with Crippen molar-refractivity contribution >= 4 is 50.9 Å². The smallest absolute Gasteiger partial charge is 0.331 e. The molecule has 120 valence electrons. The molecule has 0 bridgehead atoms. The minimum atomic E-state index is -0.965. The van der Waals surface area contributed by atoms with Crippen molar-refractivity contribution in [2.24, 2.45) is 0 Å². The van der Waals surface area contributed by atoms with Gasteiger partial charge in [-0.15, -0.1) is 11.3 Å². The van der Waals surface area contributed by atoms with Crippen molar-refractivity contribution in [1.82, 2.24) is 0 Å². The molecule has 1 amide bonds. The highest BCUT2D eigenvalue weighted by atomic mass is 79.9. The van der Waals surface area contributed by atoms with Crippen LogP contribution >= 0.6 is 27.3 Å². The summed E-state index contributed by atoms with van der Waals surface area (Å²) in [6.45, 7) is 1.46. The van der Waals surface area contributed by atoms with Crippen molar-refractivity contribution in [1.29, 1.82) is 0 Å². The molecule has 7 heteroatoms. The summed E-state index contributed by atoms with van der Waals surface area (Å²) in [6.07, 6.45) is 1.91. The second-order valence-corrected chi connectivity index (χ2v) is 7.05. The minimum Gasteiger partial charge on any atom is -0.449 e. The molecule has 2 rings (SSSR count). The first-order valence-electron chi connectivity index (χ1n) is 6.64. The number of anilines is 1. The summed E-state index contributed by atoms with van der Waals surface area (Å²) in [5.41, 5.74) is 0.429. The largest absolute Gasteiger partial charge is 0.449 e. The molecule has 0 aliphatic heterocycles. The van der Waals surface area contributed by atoms with E-state index in [0.29, 0.717) is 5.69 Å². The summed E-state index contributed by atoms with van der Waals surface area (Å²) >= 11 is 4.80. The van der Waals surface area contributed by atoms with Gasteiger partial charge in [-0.3, -0.25) is 4.79 Å². The lowest BCUT2D eigenvalue weighted by Crippen LogP contribution is -2.29. The van der Waals surface area contributed by atoms with Gasteiger partial charge in [0.15, 0.2) is 6.10 Å². The molecular formula is C16H13BrFNO3S. The fraction of sp³-hybridized carbons (Fsp3) is 0.125. The summed E-state index contributed by atoms with van der Waals surface area (Å²) in [6, 6.07) is 9.03. The first kappa shape index (κ1) is 17.4. The van der Waals surface area contributed by atoms with Crippen LogP contribution in [0.1, 0.15) is 11.8 Å². The van der Waals surface area contributed by atoms with Crippen molar-refractivity contribution in [2.45, 2.75) is 13.0 Å². The number of nitrogens with one attached hydrogen (secondary N) is 1. The maximum absolute atomic E-state index is 12.8. The number of amides is 1. The summed E-state index contributed by atoms with van der Waals surface area (Å²) in [5, 5.41) is 2.54. The predicted molar refractivity (Wildman–Crippen MR) is 91.6 cm³/mol. The van der Waals surface area contributed by atoms with E-state index in [1.807, 2.05) is 12.1 Å². The molecule has 0 aliphatic carbocycles. The van der Waals surface area contributed by atoms with E-state index in [2.05, 4.69) is 21.2 Å². The molecule has 1 N–H and O–H groups in total. The van der Waals surface area contributed by atoms with Crippen LogP contribution in [-0.4, -0.2) is 18.0 Å². The number of carbonyl (C=O) groups is 2. The van der Waals surface area contributed by atoms with E-state index in [9.17, 15) is 14.0 Å². The normalized spacial score (nSPS) is 12.1. The number of thiophene rings is 1. The van der Waals surface area contributed by atoms with Gasteiger partial charge >= 0.3 is 5.97 Å². The Morgan fingerprint density at radius 2 is 1.96 bits per heavy atom. The van der Waals surface area contributed by atoms with E-state index < -0.39 is 23.8 Å². The van der Waals surface area contributed by atoms with E-state index in [-0.39, 0.29) is 0 Å². The third-order valence-electron chi connectivity index (χ3n) is 2.75. The second kappa shape index (κ2) is 8.03. The molecule has 0 fully saturated rings. The Labute approximate surface area is 145 Å². The highest BCUT2D eigenvalue weighted by Crippen LogP contribution is 2.23. The summed E-state index contributed by atoms with van der Waals surface area (Å²) < 4.78 is 18.8. The van der Waals surface area contributed by atoms with Gasteiger partial charge in [-0.05, 0) is 65.3 Å². The number of halogens is 2. The number of benzene rings is 1. The van der Waals surface area contributed by atoms with Crippen LogP contribution in [0.15, 0.2) is 46.3 Å². The van der Waals surface area contributed by atoms with E-state index in [4.69, 9.17) is 4.74 Å². The molecule has 0 saturated carbocycles. The molecule has 1 aromatic carbocycles. The van der Waals surface area contributed by atoms with Gasteiger partial charge < -0.3 is 10.1 Å². The van der Waals surface area contributed by atoms with Gasteiger partial charge in [-0.25, -0.2) is 9.18 Å². The molecule has 1 aromatic heterocycles. The van der Waals surface area contributed by atoms with Crippen LogP contribution in [0.4, 0.5) is 10.1 Å². The van der Waals surface area contributed by atoms with Gasteiger partial charge in [0.2, 0.25) is 0 Å². The Balaban J connectivity index is 1.86. The fourth-order valence-corrected chi connectivity index (χ4v) is 2.94. The first-order valence-corrected chi connectivity index (χ1v) is 8.25. The average molecular weight is 398 g/mol. The zero-order valence-electron chi connectivity index (χ0n) is 12.1. The van der Waals surface area contributed by atoms with Gasteiger partial charge in [0.25, 0.3) is 5.91 Å².